The van der Waals surface area contributed by atoms with Gasteiger partial charge >= 0.3 is 5.97 Å². The van der Waals surface area contributed by atoms with Gasteiger partial charge in [-0.15, -0.1) is 0 Å². The average molecular weight is 254 g/mol. The topological polar surface area (TPSA) is 31.2 Å². The summed E-state index contributed by atoms with van der Waals surface area (Å²) in [5.41, 5.74) is 1.58. The molecule has 0 spiro atoms. The molecular formula is C10H8BrNO2. The van der Waals surface area contributed by atoms with Crippen molar-refractivity contribution < 1.29 is 8.62 Å². The van der Waals surface area contributed by atoms with Gasteiger partial charge in [0, 0.05) is 24.1 Å². The first-order chi connectivity index (χ1) is 6.74. The van der Waals surface area contributed by atoms with Crippen molar-refractivity contribution in [2.75, 3.05) is 0 Å². The van der Waals surface area contributed by atoms with E-state index in [1.54, 1.807) is 6.07 Å². The lowest BCUT2D eigenvalue weighted by Gasteiger charge is -2.00. The lowest BCUT2D eigenvalue weighted by atomic mass is 10.1. The standard InChI is InChI=1S/C10H8BrNO2/c1-12-6-5-7-8(10(13)14-11)3-2-4-9(7)12/h2-6H,1H3. The molecule has 14 heavy (non-hydrogen) atoms. The number of aryl methyl sites for hydroxylation is 1. The molecule has 0 bridgehead atoms. The highest BCUT2D eigenvalue weighted by atomic mass is 79.9. The van der Waals surface area contributed by atoms with Gasteiger partial charge in [-0.05, 0) is 18.2 Å². The maximum absolute atomic E-state index is 11.4. The van der Waals surface area contributed by atoms with Gasteiger partial charge < -0.3 is 8.40 Å². The van der Waals surface area contributed by atoms with E-state index in [9.17, 15) is 4.79 Å². The van der Waals surface area contributed by atoms with Crippen LogP contribution in [0.1, 0.15) is 10.4 Å². The van der Waals surface area contributed by atoms with Crippen LogP contribution in [-0.4, -0.2) is 10.5 Å². The van der Waals surface area contributed by atoms with E-state index in [4.69, 9.17) is 0 Å². The number of hydrogen-bond acceptors (Lipinski definition) is 2. The number of nitrogens with zero attached hydrogens (tertiary/aromatic N) is 1. The van der Waals surface area contributed by atoms with Crippen LogP contribution in [0.3, 0.4) is 0 Å². The lowest BCUT2D eigenvalue weighted by molar-refractivity contribution is 0.0784. The zero-order valence-corrected chi connectivity index (χ0v) is 9.11. The quantitative estimate of drug-likeness (QED) is 0.783. The van der Waals surface area contributed by atoms with Crippen LogP contribution in [0, 0.1) is 0 Å². The molecular weight excluding hydrogens is 246 g/mol. The van der Waals surface area contributed by atoms with Gasteiger partial charge in [0.15, 0.2) is 16.3 Å². The van der Waals surface area contributed by atoms with Crippen LogP contribution in [0.15, 0.2) is 30.5 Å². The Kier molecular flexibility index (Phi) is 2.29. The van der Waals surface area contributed by atoms with Crippen molar-refractivity contribution >= 4 is 33.1 Å². The Balaban J connectivity index is 2.71. The normalized spacial score (nSPS) is 10.4. The van der Waals surface area contributed by atoms with Crippen LogP contribution in [0.5, 0.6) is 0 Å². The van der Waals surface area contributed by atoms with E-state index in [-0.39, 0.29) is 5.97 Å². The molecule has 1 aromatic carbocycles. The minimum Gasteiger partial charge on any atom is -0.380 e. The third-order valence-corrected chi connectivity index (χ3v) is 2.51. The Labute approximate surface area is 89.7 Å². The molecule has 0 saturated heterocycles. The highest BCUT2D eigenvalue weighted by Gasteiger charge is 2.11. The molecule has 72 valence electrons. The first-order valence-electron chi connectivity index (χ1n) is 4.11. The molecule has 0 amide bonds. The van der Waals surface area contributed by atoms with E-state index in [2.05, 4.69) is 20.1 Å². The summed E-state index contributed by atoms with van der Waals surface area (Å²) in [6.45, 7) is 0. The molecule has 0 unspecified atom stereocenters. The zero-order chi connectivity index (χ0) is 10.1. The van der Waals surface area contributed by atoms with Crippen molar-refractivity contribution in [1.29, 1.82) is 0 Å². The van der Waals surface area contributed by atoms with Crippen LogP contribution >= 0.6 is 16.3 Å². The molecule has 0 aliphatic carbocycles. The molecule has 0 aliphatic heterocycles. The van der Waals surface area contributed by atoms with Crippen LogP contribution in [0.2, 0.25) is 0 Å². The number of carbonyl (C=O) groups is 1. The van der Waals surface area contributed by atoms with Crippen molar-refractivity contribution in [3.8, 4) is 0 Å². The fourth-order valence-electron chi connectivity index (χ4n) is 1.52. The van der Waals surface area contributed by atoms with Crippen molar-refractivity contribution in [3.05, 3.63) is 36.0 Å². The molecule has 2 aromatic rings. The van der Waals surface area contributed by atoms with E-state index >= 15 is 0 Å². The van der Waals surface area contributed by atoms with Crippen LogP contribution in [0.4, 0.5) is 0 Å². The summed E-state index contributed by atoms with van der Waals surface area (Å²) >= 11 is 2.69. The highest BCUT2D eigenvalue weighted by Crippen LogP contribution is 2.20. The molecule has 0 saturated carbocycles. The smallest absolute Gasteiger partial charge is 0.350 e. The predicted octanol–water partition coefficient (Wildman–Crippen LogP) is 2.65. The maximum Gasteiger partial charge on any atom is 0.350 e. The predicted molar refractivity (Wildman–Crippen MR) is 57.3 cm³/mol. The summed E-state index contributed by atoms with van der Waals surface area (Å²) in [6.07, 6.45) is 1.91. The van der Waals surface area contributed by atoms with Crippen molar-refractivity contribution in [2.24, 2.45) is 7.05 Å². The number of rotatable bonds is 1. The molecule has 1 aromatic heterocycles. The van der Waals surface area contributed by atoms with E-state index in [1.807, 2.05) is 36.0 Å². The SMILES string of the molecule is Cn1ccc2c(C(=O)OBr)cccc21. The van der Waals surface area contributed by atoms with E-state index in [0.717, 1.165) is 10.9 Å². The first-order valence-corrected chi connectivity index (χ1v) is 4.76. The van der Waals surface area contributed by atoms with E-state index in [0.29, 0.717) is 5.56 Å². The molecule has 0 aliphatic rings. The average Bonchev–Trinajstić information content (AvgIpc) is 2.59. The Morgan fingerprint density at radius 2 is 2.21 bits per heavy atom. The minimum atomic E-state index is -0.373. The van der Waals surface area contributed by atoms with Gasteiger partial charge in [-0.3, -0.25) is 0 Å². The second-order valence-electron chi connectivity index (χ2n) is 3.03. The molecule has 3 nitrogen and oxygen atoms in total. The number of fused-ring (bicyclic) bond motifs is 1. The number of hydrogen-bond donors (Lipinski definition) is 0. The second kappa shape index (κ2) is 3.46. The van der Waals surface area contributed by atoms with Crippen LogP contribution in [-0.2, 0) is 10.9 Å². The van der Waals surface area contributed by atoms with Crippen molar-refractivity contribution in [1.82, 2.24) is 4.57 Å². The van der Waals surface area contributed by atoms with Gasteiger partial charge in [0.05, 0.1) is 5.56 Å². The summed E-state index contributed by atoms with van der Waals surface area (Å²) in [6, 6.07) is 7.43. The first kappa shape index (κ1) is 9.27. The monoisotopic (exact) mass is 253 g/mol. The van der Waals surface area contributed by atoms with E-state index in [1.165, 1.54) is 0 Å². The molecule has 0 radical (unpaired) electrons. The number of carbonyl (C=O) groups excluding carboxylic acids is 1. The van der Waals surface area contributed by atoms with Gasteiger partial charge in [-0.2, -0.15) is 0 Å². The summed E-state index contributed by atoms with van der Waals surface area (Å²) in [5.74, 6) is -0.373. The van der Waals surface area contributed by atoms with Gasteiger partial charge in [-0.25, -0.2) is 4.79 Å². The maximum atomic E-state index is 11.4. The van der Waals surface area contributed by atoms with Crippen molar-refractivity contribution in [3.63, 3.8) is 0 Å². The largest absolute Gasteiger partial charge is 0.380 e. The van der Waals surface area contributed by atoms with Gasteiger partial charge in [0.25, 0.3) is 0 Å². The Hall–Kier alpha value is -1.29. The number of aromatic nitrogens is 1. The summed E-state index contributed by atoms with van der Waals surface area (Å²) < 4.78 is 6.48. The molecule has 4 heteroatoms. The minimum absolute atomic E-state index is 0.373. The molecule has 0 N–H and O–H groups in total. The Bertz CT molecular complexity index is 490. The summed E-state index contributed by atoms with van der Waals surface area (Å²) in [4.78, 5) is 11.4. The fourth-order valence-corrected chi connectivity index (χ4v) is 1.70. The molecule has 1 heterocycles. The zero-order valence-electron chi connectivity index (χ0n) is 7.53. The van der Waals surface area contributed by atoms with Gasteiger partial charge in [0.1, 0.15) is 0 Å². The lowest BCUT2D eigenvalue weighted by Crippen LogP contribution is -1.98. The molecule has 2 rings (SSSR count). The van der Waals surface area contributed by atoms with Gasteiger partial charge in [0.2, 0.25) is 0 Å². The highest BCUT2D eigenvalue weighted by molar-refractivity contribution is 9.06. The van der Waals surface area contributed by atoms with Crippen LogP contribution in [0.25, 0.3) is 10.9 Å². The number of benzene rings is 1. The third-order valence-electron chi connectivity index (χ3n) is 2.22. The molecule has 0 fully saturated rings. The third kappa shape index (κ3) is 1.32. The summed E-state index contributed by atoms with van der Waals surface area (Å²) in [7, 11) is 1.94. The number of halogens is 1. The summed E-state index contributed by atoms with van der Waals surface area (Å²) in [5, 5.41) is 0.902. The molecule has 0 atom stereocenters. The fraction of sp³-hybridized carbons (Fsp3) is 0.100. The Morgan fingerprint density at radius 3 is 2.93 bits per heavy atom. The van der Waals surface area contributed by atoms with Gasteiger partial charge in [-0.1, -0.05) is 6.07 Å². The van der Waals surface area contributed by atoms with Crippen molar-refractivity contribution in [2.45, 2.75) is 0 Å². The van der Waals surface area contributed by atoms with E-state index < -0.39 is 0 Å². The Morgan fingerprint density at radius 1 is 1.43 bits per heavy atom. The second-order valence-corrected chi connectivity index (χ2v) is 3.35. The van der Waals surface area contributed by atoms with Crippen LogP contribution < -0.4 is 0 Å².